The first-order chi connectivity index (χ1) is 11.7. The molecule has 0 bridgehead atoms. The molecule has 0 unspecified atom stereocenters. The molecule has 10 heteroatoms. The normalized spacial score (nSPS) is 11.4. The van der Waals surface area contributed by atoms with Gasteiger partial charge < -0.3 is 4.74 Å². The van der Waals surface area contributed by atoms with Crippen molar-refractivity contribution in [2.24, 2.45) is 0 Å². The van der Waals surface area contributed by atoms with Gasteiger partial charge in [-0.1, -0.05) is 28.1 Å². The largest absolute Gasteiger partial charge is 0.460 e. The molecule has 0 heterocycles. The molecule has 2 rings (SSSR count). The van der Waals surface area contributed by atoms with E-state index in [-0.39, 0.29) is 6.61 Å². The van der Waals surface area contributed by atoms with E-state index < -0.39 is 44.9 Å². The van der Waals surface area contributed by atoms with Crippen LogP contribution in [0.25, 0.3) is 0 Å². The Hall–Kier alpha value is -1.91. The second kappa shape index (κ2) is 7.98. The van der Waals surface area contributed by atoms with Crippen molar-refractivity contribution in [1.29, 1.82) is 0 Å². The summed E-state index contributed by atoms with van der Waals surface area (Å²) < 4.78 is 70.7. The maximum Gasteiger partial charge on any atom is 0.321 e. The maximum atomic E-state index is 13.5. The van der Waals surface area contributed by atoms with Crippen molar-refractivity contribution in [2.75, 3.05) is 6.54 Å². The Kier molecular flexibility index (Phi) is 6.20. The third-order valence-electron chi connectivity index (χ3n) is 3.01. The minimum Gasteiger partial charge on any atom is -0.460 e. The fourth-order valence-electron chi connectivity index (χ4n) is 1.74. The standard InChI is InChI=1S/C15H11BrF3NO4S/c16-10-3-1-9(2-4-10)8-24-13(21)7-20-25(22,23)12-6-5-11(17)14(18)15(12)19/h1-6,20H,7-8H2. The second-order valence-electron chi connectivity index (χ2n) is 4.79. The number of hydrogen-bond acceptors (Lipinski definition) is 4. The summed E-state index contributed by atoms with van der Waals surface area (Å²) >= 11 is 3.24. The topological polar surface area (TPSA) is 72.5 Å². The lowest BCUT2D eigenvalue weighted by Crippen LogP contribution is -2.31. The van der Waals surface area contributed by atoms with Gasteiger partial charge in [-0.25, -0.2) is 21.6 Å². The van der Waals surface area contributed by atoms with Gasteiger partial charge in [0.15, 0.2) is 17.5 Å². The van der Waals surface area contributed by atoms with Crippen LogP contribution < -0.4 is 4.72 Å². The van der Waals surface area contributed by atoms with Crippen LogP contribution in [0, 0.1) is 17.5 Å². The zero-order valence-electron chi connectivity index (χ0n) is 12.4. The van der Waals surface area contributed by atoms with Crippen LogP contribution in [0.2, 0.25) is 0 Å². The van der Waals surface area contributed by atoms with Gasteiger partial charge in [0.2, 0.25) is 10.0 Å². The van der Waals surface area contributed by atoms with Crippen molar-refractivity contribution in [3.8, 4) is 0 Å². The summed E-state index contributed by atoms with van der Waals surface area (Å²) in [6.45, 7) is -0.884. The number of halogens is 4. The predicted octanol–water partition coefficient (Wildman–Crippen LogP) is 2.89. The number of esters is 1. The van der Waals surface area contributed by atoms with Crippen LogP contribution >= 0.6 is 15.9 Å². The van der Waals surface area contributed by atoms with Crippen LogP contribution in [0.4, 0.5) is 13.2 Å². The van der Waals surface area contributed by atoms with Gasteiger partial charge in [0.1, 0.15) is 18.0 Å². The summed E-state index contributed by atoms with van der Waals surface area (Å²) in [5, 5.41) is 0. The van der Waals surface area contributed by atoms with Gasteiger partial charge in [0, 0.05) is 4.47 Å². The minimum absolute atomic E-state index is 0.0899. The highest BCUT2D eigenvalue weighted by Gasteiger charge is 2.24. The van der Waals surface area contributed by atoms with E-state index in [1.165, 1.54) is 0 Å². The van der Waals surface area contributed by atoms with Crippen molar-refractivity contribution in [3.63, 3.8) is 0 Å². The van der Waals surface area contributed by atoms with Crippen molar-refractivity contribution >= 4 is 31.9 Å². The molecular formula is C15H11BrF3NO4S. The lowest BCUT2D eigenvalue weighted by Gasteiger charge is -2.09. The summed E-state index contributed by atoms with van der Waals surface area (Å²) in [7, 11) is -4.55. The van der Waals surface area contributed by atoms with E-state index in [0.29, 0.717) is 17.7 Å². The number of nitrogens with one attached hydrogen (secondary N) is 1. The van der Waals surface area contributed by atoms with E-state index >= 15 is 0 Å². The summed E-state index contributed by atoms with van der Waals surface area (Å²) in [5.74, 6) is -6.23. The van der Waals surface area contributed by atoms with E-state index in [0.717, 1.165) is 4.47 Å². The first kappa shape index (κ1) is 19.4. The first-order valence-electron chi connectivity index (χ1n) is 6.74. The van der Waals surface area contributed by atoms with Crippen LogP contribution in [0.1, 0.15) is 5.56 Å². The van der Waals surface area contributed by atoms with E-state index in [2.05, 4.69) is 15.9 Å². The molecule has 0 amide bonds. The van der Waals surface area contributed by atoms with Crippen molar-refractivity contribution in [1.82, 2.24) is 4.72 Å². The number of sulfonamides is 1. The Bertz CT molecular complexity index is 888. The molecule has 25 heavy (non-hydrogen) atoms. The van der Waals surface area contributed by atoms with Crippen LogP contribution in [-0.2, 0) is 26.2 Å². The molecule has 0 aliphatic heterocycles. The lowest BCUT2D eigenvalue weighted by atomic mass is 10.2. The zero-order valence-corrected chi connectivity index (χ0v) is 14.8. The lowest BCUT2D eigenvalue weighted by molar-refractivity contribution is -0.143. The Labute approximate surface area is 150 Å². The Morgan fingerprint density at radius 1 is 1.04 bits per heavy atom. The maximum absolute atomic E-state index is 13.5. The molecule has 0 saturated heterocycles. The van der Waals surface area contributed by atoms with E-state index in [1.54, 1.807) is 29.0 Å². The average Bonchev–Trinajstić information content (AvgIpc) is 2.57. The molecule has 0 aromatic heterocycles. The molecule has 0 aliphatic rings. The fraction of sp³-hybridized carbons (Fsp3) is 0.133. The highest BCUT2D eigenvalue weighted by Crippen LogP contribution is 2.19. The average molecular weight is 438 g/mol. The Morgan fingerprint density at radius 2 is 1.68 bits per heavy atom. The summed E-state index contributed by atoms with van der Waals surface area (Å²) in [5.41, 5.74) is 0.672. The summed E-state index contributed by atoms with van der Waals surface area (Å²) in [6.07, 6.45) is 0. The van der Waals surface area contributed by atoms with Crippen molar-refractivity contribution in [2.45, 2.75) is 11.5 Å². The molecule has 134 valence electrons. The van der Waals surface area contributed by atoms with E-state index in [9.17, 15) is 26.4 Å². The predicted molar refractivity (Wildman–Crippen MR) is 85.4 cm³/mol. The number of rotatable bonds is 6. The number of carbonyl (C=O) groups excluding carboxylic acids is 1. The third-order valence-corrected chi connectivity index (χ3v) is 4.96. The summed E-state index contributed by atoms with van der Waals surface area (Å²) in [6, 6.07) is 7.88. The molecule has 0 spiro atoms. The van der Waals surface area contributed by atoms with E-state index in [4.69, 9.17) is 4.74 Å². The van der Waals surface area contributed by atoms with Gasteiger partial charge in [-0.3, -0.25) is 4.79 Å². The molecule has 2 aromatic rings. The smallest absolute Gasteiger partial charge is 0.321 e. The molecule has 0 fully saturated rings. The van der Waals surface area contributed by atoms with Crippen LogP contribution in [0.5, 0.6) is 0 Å². The number of carbonyl (C=O) groups is 1. The first-order valence-corrected chi connectivity index (χ1v) is 9.01. The van der Waals surface area contributed by atoms with Crippen LogP contribution in [-0.4, -0.2) is 20.9 Å². The van der Waals surface area contributed by atoms with Gasteiger partial charge in [0.05, 0.1) is 0 Å². The SMILES string of the molecule is O=C(CNS(=O)(=O)c1ccc(F)c(F)c1F)OCc1ccc(Br)cc1. The molecule has 0 saturated carbocycles. The number of ether oxygens (including phenoxy) is 1. The van der Waals surface area contributed by atoms with E-state index in [1.807, 2.05) is 0 Å². The molecule has 0 atom stereocenters. The van der Waals surface area contributed by atoms with Crippen LogP contribution in [0.15, 0.2) is 45.8 Å². The number of benzene rings is 2. The Balaban J connectivity index is 1.96. The molecule has 5 nitrogen and oxygen atoms in total. The molecule has 0 radical (unpaired) electrons. The van der Waals surface area contributed by atoms with Crippen molar-refractivity contribution < 1.29 is 31.1 Å². The highest BCUT2D eigenvalue weighted by molar-refractivity contribution is 9.10. The zero-order chi connectivity index (χ0) is 18.6. The third kappa shape index (κ3) is 5.03. The minimum atomic E-state index is -4.55. The van der Waals surface area contributed by atoms with Gasteiger partial charge in [-0.15, -0.1) is 0 Å². The highest BCUT2D eigenvalue weighted by atomic mass is 79.9. The number of hydrogen-bond donors (Lipinski definition) is 1. The van der Waals surface area contributed by atoms with Crippen LogP contribution in [0.3, 0.4) is 0 Å². The van der Waals surface area contributed by atoms with Gasteiger partial charge >= 0.3 is 5.97 Å². The second-order valence-corrected chi connectivity index (χ2v) is 7.44. The van der Waals surface area contributed by atoms with Crippen molar-refractivity contribution in [3.05, 3.63) is 63.9 Å². The summed E-state index contributed by atoms with van der Waals surface area (Å²) in [4.78, 5) is 10.5. The molecule has 2 aromatic carbocycles. The van der Waals surface area contributed by atoms with Gasteiger partial charge in [-0.05, 0) is 29.8 Å². The molecule has 0 aliphatic carbocycles. The molecular weight excluding hydrogens is 427 g/mol. The van der Waals surface area contributed by atoms with Gasteiger partial charge in [0.25, 0.3) is 0 Å². The quantitative estimate of drug-likeness (QED) is 0.556. The Morgan fingerprint density at radius 3 is 2.32 bits per heavy atom. The monoisotopic (exact) mass is 437 g/mol. The molecule has 1 N–H and O–H groups in total. The fourth-order valence-corrected chi connectivity index (χ4v) is 3.04. The van der Waals surface area contributed by atoms with Gasteiger partial charge in [-0.2, -0.15) is 4.72 Å².